The first kappa shape index (κ1) is 11.8. The van der Waals surface area contributed by atoms with E-state index in [2.05, 4.69) is 31.2 Å². The highest BCUT2D eigenvalue weighted by molar-refractivity contribution is 5.33. The molecule has 4 bridgehead atoms. The molecule has 0 saturated heterocycles. The number of ether oxygens (including phenoxy) is 1. The van der Waals surface area contributed by atoms with E-state index in [-0.39, 0.29) is 11.1 Å². The Hall–Kier alpha value is -1.02. The van der Waals surface area contributed by atoms with Gasteiger partial charge in [-0.3, -0.25) is 0 Å². The van der Waals surface area contributed by atoms with Gasteiger partial charge in [-0.25, -0.2) is 0 Å². The zero-order valence-corrected chi connectivity index (χ0v) is 11.7. The first-order valence-electron chi connectivity index (χ1n) is 7.60. The molecule has 2 nitrogen and oxygen atoms in total. The van der Waals surface area contributed by atoms with Gasteiger partial charge in [-0.1, -0.05) is 18.2 Å². The van der Waals surface area contributed by atoms with Crippen LogP contribution in [0.2, 0.25) is 0 Å². The van der Waals surface area contributed by atoms with E-state index >= 15 is 0 Å². The van der Waals surface area contributed by atoms with Gasteiger partial charge in [0.15, 0.2) is 0 Å². The first-order valence-corrected chi connectivity index (χ1v) is 7.60. The number of rotatable bonds is 2. The summed E-state index contributed by atoms with van der Waals surface area (Å²) in [5, 5.41) is 0. The second-order valence-corrected chi connectivity index (χ2v) is 7.37. The normalized spacial score (nSPS) is 43.5. The summed E-state index contributed by atoms with van der Waals surface area (Å²) >= 11 is 0. The van der Waals surface area contributed by atoms with Crippen LogP contribution in [0.4, 0.5) is 0 Å². The van der Waals surface area contributed by atoms with E-state index in [9.17, 15) is 0 Å². The van der Waals surface area contributed by atoms with Crippen molar-refractivity contribution in [3.05, 3.63) is 29.8 Å². The zero-order valence-electron chi connectivity index (χ0n) is 11.7. The standard InChI is InChI=1S/C17H23NO/c1-12-4-2-3-5-15(12)19-17-9-13-6-14(10-17)8-16(18,7-13)11-17/h2-5,13-14H,6-11,18H2,1H3. The minimum absolute atomic E-state index is 0.0327. The average Bonchev–Trinajstić information content (AvgIpc) is 2.28. The molecule has 0 radical (unpaired) electrons. The maximum absolute atomic E-state index is 6.62. The lowest BCUT2D eigenvalue weighted by Crippen LogP contribution is -2.64. The lowest BCUT2D eigenvalue weighted by atomic mass is 9.51. The maximum atomic E-state index is 6.62. The van der Waals surface area contributed by atoms with Gasteiger partial charge in [-0.05, 0) is 62.5 Å². The Balaban J connectivity index is 1.66. The van der Waals surface area contributed by atoms with E-state index in [0.29, 0.717) is 0 Å². The summed E-state index contributed by atoms with van der Waals surface area (Å²) in [6, 6.07) is 8.39. The molecule has 2 N–H and O–H groups in total. The molecule has 2 atom stereocenters. The molecule has 0 amide bonds. The molecule has 19 heavy (non-hydrogen) atoms. The molecule has 0 spiro atoms. The Kier molecular flexibility index (Phi) is 2.33. The molecular formula is C17H23NO. The van der Waals surface area contributed by atoms with Gasteiger partial charge in [0, 0.05) is 12.0 Å². The highest BCUT2D eigenvalue weighted by Gasteiger charge is 2.57. The van der Waals surface area contributed by atoms with Crippen LogP contribution in [0.5, 0.6) is 5.75 Å². The number of nitrogens with two attached hydrogens (primary N) is 1. The second-order valence-electron chi connectivity index (χ2n) is 7.37. The van der Waals surface area contributed by atoms with Crippen molar-refractivity contribution in [3.63, 3.8) is 0 Å². The molecule has 1 aromatic carbocycles. The number of hydrogen-bond donors (Lipinski definition) is 1. The van der Waals surface area contributed by atoms with Crippen LogP contribution in [-0.2, 0) is 0 Å². The summed E-state index contributed by atoms with van der Waals surface area (Å²) in [7, 11) is 0. The molecule has 0 aliphatic heterocycles. The highest BCUT2D eigenvalue weighted by Crippen LogP contribution is 2.57. The van der Waals surface area contributed by atoms with Gasteiger partial charge in [0.05, 0.1) is 0 Å². The predicted octanol–water partition coefficient (Wildman–Crippen LogP) is 3.42. The van der Waals surface area contributed by atoms with Crippen LogP contribution in [0, 0.1) is 18.8 Å². The van der Waals surface area contributed by atoms with E-state index in [0.717, 1.165) is 24.0 Å². The summed E-state index contributed by atoms with van der Waals surface area (Å²) < 4.78 is 6.53. The van der Waals surface area contributed by atoms with Crippen LogP contribution >= 0.6 is 0 Å². The van der Waals surface area contributed by atoms with Crippen LogP contribution in [-0.4, -0.2) is 11.1 Å². The lowest BCUT2D eigenvalue weighted by Gasteiger charge is -2.60. The first-order chi connectivity index (χ1) is 9.06. The van der Waals surface area contributed by atoms with Crippen molar-refractivity contribution in [1.29, 1.82) is 0 Å². The number of hydrogen-bond acceptors (Lipinski definition) is 2. The molecule has 2 unspecified atom stereocenters. The van der Waals surface area contributed by atoms with Crippen LogP contribution in [0.3, 0.4) is 0 Å². The van der Waals surface area contributed by atoms with Crippen molar-refractivity contribution in [3.8, 4) is 5.75 Å². The molecule has 4 saturated carbocycles. The van der Waals surface area contributed by atoms with Gasteiger partial charge < -0.3 is 10.5 Å². The fourth-order valence-corrected chi connectivity index (χ4v) is 5.27. The van der Waals surface area contributed by atoms with Gasteiger partial charge in [-0.15, -0.1) is 0 Å². The Bertz CT molecular complexity index is 496. The second kappa shape index (κ2) is 3.76. The molecule has 102 valence electrons. The summed E-state index contributed by atoms with van der Waals surface area (Å²) in [5.41, 5.74) is 7.95. The van der Waals surface area contributed by atoms with Crippen molar-refractivity contribution in [1.82, 2.24) is 0 Å². The highest BCUT2D eigenvalue weighted by atomic mass is 16.5. The summed E-state index contributed by atoms with van der Waals surface area (Å²) in [5.74, 6) is 2.67. The van der Waals surface area contributed by atoms with E-state index in [4.69, 9.17) is 10.5 Å². The molecule has 4 aliphatic carbocycles. The van der Waals surface area contributed by atoms with Gasteiger partial charge in [0.2, 0.25) is 0 Å². The summed E-state index contributed by atoms with van der Waals surface area (Å²) in [4.78, 5) is 0. The van der Waals surface area contributed by atoms with E-state index in [1.165, 1.54) is 37.7 Å². The Morgan fingerprint density at radius 3 is 2.42 bits per heavy atom. The van der Waals surface area contributed by atoms with E-state index in [1.807, 2.05) is 0 Å². The Morgan fingerprint density at radius 2 is 1.79 bits per heavy atom. The number of para-hydroxylation sites is 1. The number of aryl methyl sites for hydroxylation is 1. The average molecular weight is 257 g/mol. The predicted molar refractivity (Wildman–Crippen MR) is 76.1 cm³/mol. The minimum Gasteiger partial charge on any atom is -0.487 e. The maximum Gasteiger partial charge on any atom is 0.123 e. The van der Waals surface area contributed by atoms with E-state index in [1.54, 1.807) is 0 Å². The van der Waals surface area contributed by atoms with Crippen molar-refractivity contribution in [2.75, 3.05) is 0 Å². The molecule has 4 fully saturated rings. The molecule has 4 aliphatic rings. The third kappa shape index (κ3) is 1.88. The van der Waals surface area contributed by atoms with Crippen molar-refractivity contribution >= 4 is 0 Å². The van der Waals surface area contributed by atoms with Crippen molar-refractivity contribution < 1.29 is 4.74 Å². The fourth-order valence-electron chi connectivity index (χ4n) is 5.27. The van der Waals surface area contributed by atoms with Crippen LogP contribution < -0.4 is 10.5 Å². The quantitative estimate of drug-likeness (QED) is 0.881. The molecule has 0 aromatic heterocycles. The SMILES string of the molecule is Cc1ccccc1OC12CC3CC(CC(N)(C3)C1)C2. The lowest BCUT2D eigenvalue weighted by molar-refractivity contribution is -0.117. The smallest absolute Gasteiger partial charge is 0.123 e. The van der Waals surface area contributed by atoms with Crippen molar-refractivity contribution in [2.24, 2.45) is 17.6 Å². The molecule has 2 heteroatoms. The van der Waals surface area contributed by atoms with Gasteiger partial charge in [0.1, 0.15) is 11.4 Å². The minimum atomic E-state index is 0.0327. The molecular weight excluding hydrogens is 234 g/mol. The van der Waals surface area contributed by atoms with Gasteiger partial charge >= 0.3 is 0 Å². The fraction of sp³-hybridized carbons (Fsp3) is 0.647. The molecule has 0 heterocycles. The van der Waals surface area contributed by atoms with Crippen LogP contribution in [0.25, 0.3) is 0 Å². The van der Waals surface area contributed by atoms with Crippen LogP contribution in [0.15, 0.2) is 24.3 Å². The summed E-state index contributed by atoms with van der Waals surface area (Å²) in [6.45, 7) is 2.13. The Labute approximate surface area is 115 Å². The van der Waals surface area contributed by atoms with Gasteiger partial charge in [-0.2, -0.15) is 0 Å². The third-order valence-electron chi connectivity index (χ3n) is 5.47. The summed E-state index contributed by atoms with van der Waals surface area (Å²) in [6.07, 6.45) is 7.33. The topological polar surface area (TPSA) is 35.2 Å². The van der Waals surface area contributed by atoms with Crippen molar-refractivity contribution in [2.45, 2.75) is 56.6 Å². The Morgan fingerprint density at radius 1 is 1.11 bits per heavy atom. The zero-order chi connectivity index (χ0) is 13.1. The monoisotopic (exact) mass is 257 g/mol. The third-order valence-corrected chi connectivity index (χ3v) is 5.47. The number of benzene rings is 1. The molecule has 1 aromatic rings. The van der Waals surface area contributed by atoms with Gasteiger partial charge in [0.25, 0.3) is 0 Å². The van der Waals surface area contributed by atoms with E-state index < -0.39 is 0 Å². The largest absolute Gasteiger partial charge is 0.487 e. The molecule has 5 rings (SSSR count). The van der Waals surface area contributed by atoms with Crippen LogP contribution in [0.1, 0.15) is 44.1 Å².